The zero-order chi connectivity index (χ0) is 17.2. The van der Waals surface area contributed by atoms with Gasteiger partial charge in [-0.05, 0) is 59.3 Å². The molecule has 2 fully saturated rings. The molecule has 0 radical (unpaired) electrons. The number of allylic oxidation sites excluding steroid dienone is 1. The van der Waals surface area contributed by atoms with E-state index in [2.05, 4.69) is 79.9 Å². The highest BCUT2D eigenvalue weighted by atomic mass is 28.3. The van der Waals surface area contributed by atoms with Gasteiger partial charge < -0.3 is 0 Å². The molecule has 1 unspecified atom stereocenters. The summed E-state index contributed by atoms with van der Waals surface area (Å²) in [6, 6.07) is 18.4. The minimum atomic E-state index is -1.13. The van der Waals surface area contributed by atoms with Crippen LogP contribution in [-0.4, -0.2) is 8.07 Å². The highest BCUT2D eigenvalue weighted by Crippen LogP contribution is 2.65. The van der Waals surface area contributed by atoms with Crippen LogP contribution in [0.15, 0.2) is 60.3 Å². The molecule has 3 atom stereocenters. The predicted molar refractivity (Wildman–Crippen MR) is 109 cm³/mol. The second-order valence-electron chi connectivity index (χ2n) is 9.63. The van der Waals surface area contributed by atoms with Crippen molar-refractivity contribution in [3.8, 4) is 11.1 Å². The van der Waals surface area contributed by atoms with Gasteiger partial charge >= 0.3 is 0 Å². The monoisotopic (exact) mass is 344 g/mol. The Hall–Kier alpha value is -1.60. The molecule has 0 bridgehead atoms. The van der Waals surface area contributed by atoms with E-state index in [1.807, 2.05) is 0 Å². The Balaban J connectivity index is 1.62. The summed E-state index contributed by atoms with van der Waals surface area (Å²) in [5.74, 6) is 2.66. The lowest BCUT2D eigenvalue weighted by Crippen LogP contribution is -2.33. The molecule has 3 aliphatic carbocycles. The lowest BCUT2D eigenvalue weighted by Gasteiger charge is -2.39. The molecule has 0 N–H and O–H groups in total. The minimum absolute atomic E-state index is 0.263. The number of benzene rings is 2. The van der Waals surface area contributed by atoms with Crippen LogP contribution in [0.4, 0.5) is 0 Å². The van der Waals surface area contributed by atoms with Gasteiger partial charge in [-0.2, -0.15) is 0 Å². The molecule has 2 aromatic carbocycles. The van der Waals surface area contributed by atoms with Crippen LogP contribution < -0.4 is 0 Å². The average Bonchev–Trinajstić information content (AvgIpc) is 3.33. The van der Waals surface area contributed by atoms with E-state index < -0.39 is 8.07 Å². The molecule has 0 nitrogen and oxygen atoms in total. The van der Waals surface area contributed by atoms with E-state index in [0.717, 1.165) is 17.8 Å². The van der Waals surface area contributed by atoms with E-state index in [-0.39, 0.29) is 5.41 Å². The van der Waals surface area contributed by atoms with Crippen LogP contribution in [0.1, 0.15) is 30.4 Å². The second kappa shape index (κ2) is 5.20. The van der Waals surface area contributed by atoms with Crippen molar-refractivity contribution in [2.45, 2.75) is 44.3 Å². The van der Waals surface area contributed by atoms with E-state index in [0.29, 0.717) is 0 Å². The Labute approximate surface area is 153 Å². The Morgan fingerprint density at radius 2 is 1.48 bits per heavy atom. The van der Waals surface area contributed by atoms with E-state index >= 15 is 0 Å². The van der Waals surface area contributed by atoms with Crippen LogP contribution in [0.5, 0.6) is 0 Å². The first-order chi connectivity index (χ1) is 12.0. The fourth-order valence-corrected chi connectivity index (χ4v) is 6.42. The number of hydrogen-bond acceptors (Lipinski definition) is 0. The van der Waals surface area contributed by atoms with Gasteiger partial charge in [0.05, 0.1) is 8.07 Å². The number of rotatable bonds is 2. The van der Waals surface area contributed by atoms with Gasteiger partial charge in [-0.15, -0.1) is 0 Å². The van der Waals surface area contributed by atoms with Crippen LogP contribution in [0.25, 0.3) is 11.1 Å². The summed E-state index contributed by atoms with van der Waals surface area (Å²) >= 11 is 0. The SMILES string of the molecule is C[Si](C)(C)/C=C\C1CC2(C[C@@H]3C[C@H]13)c1ccccc1-c1ccccc12. The molecule has 2 saturated carbocycles. The van der Waals surface area contributed by atoms with Crippen LogP contribution in [-0.2, 0) is 5.41 Å². The van der Waals surface area contributed by atoms with Crippen molar-refractivity contribution in [1.29, 1.82) is 0 Å². The maximum Gasteiger partial charge on any atom is 0.0682 e. The third-order valence-corrected chi connectivity index (χ3v) is 7.93. The minimum Gasteiger partial charge on any atom is -0.0986 e. The molecule has 1 spiro atoms. The lowest BCUT2D eigenvalue weighted by molar-refractivity contribution is 0.284. The summed E-state index contributed by atoms with van der Waals surface area (Å²) in [6.07, 6.45) is 6.75. The van der Waals surface area contributed by atoms with Crippen molar-refractivity contribution in [1.82, 2.24) is 0 Å². The van der Waals surface area contributed by atoms with Crippen LogP contribution in [0.3, 0.4) is 0 Å². The Bertz CT molecular complexity index is 809. The molecule has 0 aliphatic heterocycles. The average molecular weight is 345 g/mol. The van der Waals surface area contributed by atoms with Crippen molar-refractivity contribution in [3.05, 3.63) is 71.4 Å². The zero-order valence-corrected chi connectivity index (χ0v) is 16.6. The van der Waals surface area contributed by atoms with E-state index in [1.54, 1.807) is 11.1 Å². The Kier molecular flexibility index (Phi) is 3.25. The maximum atomic E-state index is 2.63. The molecule has 0 saturated heterocycles. The van der Waals surface area contributed by atoms with Gasteiger partial charge in [0, 0.05) is 5.41 Å². The summed E-state index contributed by atoms with van der Waals surface area (Å²) in [5.41, 5.74) is 9.05. The highest BCUT2D eigenvalue weighted by Gasteiger charge is 2.56. The van der Waals surface area contributed by atoms with Gasteiger partial charge in [-0.3, -0.25) is 0 Å². The van der Waals surface area contributed by atoms with Gasteiger partial charge in [-0.25, -0.2) is 0 Å². The van der Waals surface area contributed by atoms with Gasteiger partial charge in [0.1, 0.15) is 0 Å². The van der Waals surface area contributed by atoms with Gasteiger partial charge in [-0.1, -0.05) is 79.9 Å². The second-order valence-corrected chi connectivity index (χ2v) is 14.7. The molecule has 3 aliphatic rings. The summed E-state index contributed by atoms with van der Waals surface area (Å²) in [6.45, 7) is 7.35. The smallest absolute Gasteiger partial charge is 0.0682 e. The molecule has 0 heterocycles. The first-order valence-electron chi connectivity index (χ1n) is 9.87. The first kappa shape index (κ1) is 15.6. The predicted octanol–water partition coefficient (Wildman–Crippen LogP) is 6.43. The van der Waals surface area contributed by atoms with Crippen molar-refractivity contribution in [2.24, 2.45) is 17.8 Å². The van der Waals surface area contributed by atoms with Gasteiger partial charge in [0.25, 0.3) is 0 Å². The van der Waals surface area contributed by atoms with Gasteiger partial charge in [0.15, 0.2) is 0 Å². The largest absolute Gasteiger partial charge is 0.0986 e. The van der Waals surface area contributed by atoms with Crippen molar-refractivity contribution >= 4 is 8.07 Å². The van der Waals surface area contributed by atoms with Crippen LogP contribution >= 0.6 is 0 Å². The van der Waals surface area contributed by atoms with E-state index in [1.165, 1.54) is 30.4 Å². The molecular weight excluding hydrogens is 316 g/mol. The zero-order valence-electron chi connectivity index (χ0n) is 15.6. The first-order valence-corrected chi connectivity index (χ1v) is 13.4. The van der Waals surface area contributed by atoms with Crippen molar-refractivity contribution < 1.29 is 0 Å². The van der Waals surface area contributed by atoms with Crippen molar-refractivity contribution in [3.63, 3.8) is 0 Å². The molecule has 25 heavy (non-hydrogen) atoms. The fourth-order valence-electron chi connectivity index (χ4n) is 5.59. The fraction of sp³-hybridized carbons (Fsp3) is 0.417. The molecule has 0 amide bonds. The summed E-state index contributed by atoms with van der Waals surface area (Å²) in [7, 11) is -1.13. The molecule has 5 rings (SSSR count). The molecule has 1 heteroatoms. The number of hydrogen-bond donors (Lipinski definition) is 0. The highest BCUT2D eigenvalue weighted by molar-refractivity contribution is 6.80. The van der Waals surface area contributed by atoms with Crippen LogP contribution in [0.2, 0.25) is 19.6 Å². The number of fused-ring (bicyclic) bond motifs is 6. The van der Waals surface area contributed by atoms with E-state index in [4.69, 9.17) is 0 Å². The third kappa shape index (κ3) is 2.39. The van der Waals surface area contributed by atoms with Crippen molar-refractivity contribution in [2.75, 3.05) is 0 Å². The van der Waals surface area contributed by atoms with Gasteiger partial charge in [0.2, 0.25) is 0 Å². The maximum absolute atomic E-state index is 2.63. The molecule has 128 valence electrons. The summed E-state index contributed by atoms with van der Waals surface area (Å²) in [5, 5.41) is 0. The topological polar surface area (TPSA) is 0 Å². The van der Waals surface area contributed by atoms with E-state index in [9.17, 15) is 0 Å². The van der Waals surface area contributed by atoms with Crippen LogP contribution in [0, 0.1) is 17.8 Å². The molecule has 0 aromatic heterocycles. The normalized spacial score (nSPS) is 28.7. The lowest BCUT2D eigenvalue weighted by atomic mass is 9.64. The standard InChI is InChI=1S/C24H28Si/c1-25(2,3)13-12-17-15-24(16-18-14-21(17)18)22-10-6-4-8-19(22)20-9-5-7-11-23(20)24/h4-13,17-18,21H,14-16H2,1-3H3/b13-12-/t17?,18-,21+/m0/s1. The quantitative estimate of drug-likeness (QED) is 0.550. The third-order valence-electron chi connectivity index (χ3n) is 6.74. The molecule has 2 aromatic rings. The Morgan fingerprint density at radius 3 is 2.08 bits per heavy atom. The Morgan fingerprint density at radius 1 is 0.880 bits per heavy atom. The summed E-state index contributed by atoms with van der Waals surface area (Å²) < 4.78 is 0. The molecular formula is C24H28Si. The summed E-state index contributed by atoms with van der Waals surface area (Å²) in [4.78, 5) is 0.